The van der Waals surface area contributed by atoms with E-state index in [4.69, 9.17) is 7.85 Å². The summed E-state index contributed by atoms with van der Waals surface area (Å²) in [5.74, 6) is -0.706. The Morgan fingerprint density at radius 3 is 1.60 bits per heavy atom. The molecule has 1 nitrogen and oxygen atoms in total. The van der Waals surface area contributed by atoms with E-state index >= 15 is 0 Å². The standard InChI is InChI=1S/C17H18BOP/c18-17(19)20-15(13-7-3-1-4-8-13)11-12-16(20)14-9-5-2-6-10-14/h1-10,15-17,19H,11-12H2. The summed E-state index contributed by atoms with van der Waals surface area (Å²) in [6.45, 7) is 0. The molecule has 0 aliphatic carbocycles. The zero-order valence-electron chi connectivity index (χ0n) is 11.4. The van der Waals surface area contributed by atoms with Crippen LogP contribution in [-0.4, -0.2) is 18.7 Å². The van der Waals surface area contributed by atoms with E-state index in [9.17, 15) is 5.11 Å². The molecule has 1 aliphatic heterocycles. The van der Waals surface area contributed by atoms with E-state index in [1.54, 1.807) is 0 Å². The maximum Gasteiger partial charge on any atom is 0.115 e. The van der Waals surface area contributed by atoms with Gasteiger partial charge in [0, 0.05) is 17.1 Å². The highest BCUT2D eigenvalue weighted by molar-refractivity contribution is 7.60. The second-order valence-electron chi connectivity index (χ2n) is 5.29. The lowest BCUT2D eigenvalue weighted by Crippen LogP contribution is -2.09. The molecule has 2 aromatic carbocycles. The summed E-state index contributed by atoms with van der Waals surface area (Å²) in [5, 5.41) is 10.1. The summed E-state index contributed by atoms with van der Waals surface area (Å²) in [5.41, 5.74) is 3.47. The lowest BCUT2D eigenvalue weighted by Gasteiger charge is -2.29. The zero-order chi connectivity index (χ0) is 13.9. The topological polar surface area (TPSA) is 20.2 Å². The van der Waals surface area contributed by atoms with Gasteiger partial charge in [-0.15, -0.1) is 0 Å². The van der Waals surface area contributed by atoms with Crippen LogP contribution in [-0.2, 0) is 0 Å². The molecule has 1 fully saturated rings. The van der Waals surface area contributed by atoms with Gasteiger partial charge in [-0.1, -0.05) is 68.6 Å². The van der Waals surface area contributed by atoms with Gasteiger partial charge in [0.1, 0.15) is 7.85 Å². The third-order valence-electron chi connectivity index (χ3n) is 4.11. The van der Waals surface area contributed by atoms with Gasteiger partial charge in [0.05, 0.1) is 0 Å². The van der Waals surface area contributed by atoms with Crippen LogP contribution in [0.25, 0.3) is 0 Å². The number of hydrogen-bond acceptors (Lipinski definition) is 1. The predicted octanol–water partition coefficient (Wildman–Crippen LogP) is 4.19. The van der Waals surface area contributed by atoms with E-state index in [1.165, 1.54) is 11.1 Å². The molecule has 0 aromatic heterocycles. The normalized spacial score (nSPS) is 27.4. The fraction of sp³-hybridized carbons (Fsp3) is 0.294. The lowest BCUT2D eigenvalue weighted by molar-refractivity contribution is 0.331. The first-order chi connectivity index (χ1) is 9.77. The molecule has 1 N–H and O–H groups in total. The molecule has 1 heterocycles. The number of hydrogen-bond donors (Lipinski definition) is 1. The Balaban J connectivity index is 1.92. The summed E-state index contributed by atoms with van der Waals surface area (Å²) in [4.78, 5) is 0. The second-order valence-corrected chi connectivity index (χ2v) is 7.96. The second kappa shape index (κ2) is 6.12. The number of aliphatic hydroxyl groups is 1. The average Bonchev–Trinajstić information content (AvgIpc) is 2.94. The summed E-state index contributed by atoms with van der Waals surface area (Å²) in [6.07, 6.45) is 2.23. The van der Waals surface area contributed by atoms with Gasteiger partial charge in [-0.25, -0.2) is 0 Å². The van der Waals surface area contributed by atoms with Crippen LogP contribution in [0.4, 0.5) is 0 Å². The summed E-state index contributed by atoms with van der Waals surface area (Å²) in [6, 6.07) is 21.0. The van der Waals surface area contributed by atoms with Gasteiger partial charge in [0.25, 0.3) is 0 Å². The number of aliphatic hydroxyl groups excluding tert-OH is 1. The minimum Gasteiger partial charge on any atom is -0.399 e. The van der Waals surface area contributed by atoms with E-state index in [-0.39, 0.29) is 0 Å². The van der Waals surface area contributed by atoms with Crippen LogP contribution >= 0.6 is 7.92 Å². The lowest BCUT2D eigenvalue weighted by atomic mass is 10.0. The maximum atomic E-state index is 10.1. The minimum absolute atomic E-state index is 0.413. The Hall–Kier alpha value is -1.11. The maximum absolute atomic E-state index is 10.1. The Morgan fingerprint density at radius 2 is 1.25 bits per heavy atom. The smallest absolute Gasteiger partial charge is 0.115 e. The Morgan fingerprint density at radius 1 is 0.850 bits per heavy atom. The molecule has 2 aromatic rings. The van der Waals surface area contributed by atoms with Gasteiger partial charge < -0.3 is 5.11 Å². The molecule has 1 aliphatic rings. The molecule has 0 spiro atoms. The van der Waals surface area contributed by atoms with Gasteiger partial charge in [0.15, 0.2) is 0 Å². The van der Waals surface area contributed by atoms with Crippen molar-refractivity contribution >= 4 is 15.8 Å². The molecule has 0 amide bonds. The van der Waals surface area contributed by atoms with Crippen LogP contribution in [0.2, 0.25) is 0 Å². The molecule has 2 radical (unpaired) electrons. The van der Waals surface area contributed by atoms with Gasteiger partial charge in [-0.3, -0.25) is 0 Å². The van der Waals surface area contributed by atoms with Crippen molar-refractivity contribution in [2.75, 3.05) is 0 Å². The van der Waals surface area contributed by atoms with Crippen molar-refractivity contribution in [3.05, 3.63) is 71.8 Å². The van der Waals surface area contributed by atoms with E-state index in [1.807, 2.05) is 12.1 Å². The van der Waals surface area contributed by atoms with E-state index in [0.717, 1.165) is 12.8 Å². The largest absolute Gasteiger partial charge is 0.399 e. The molecule has 1 saturated heterocycles. The fourth-order valence-corrected chi connectivity index (χ4v) is 6.33. The molecule has 0 saturated carbocycles. The highest BCUT2D eigenvalue weighted by atomic mass is 31.1. The van der Waals surface area contributed by atoms with Crippen molar-refractivity contribution in [1.29, 1.82) is 0 Å². The molecule has 3 rings (SSSR count). The van der Waals surface area contributed by atoms with Crippen LogP contribution in [0.15, 0.2) is 60.7 Å². The predicted molar refractivity (Wildman–Crippen MR) is 86.3 cm³/mol. The molecule has 20 heavy (non-hydrogen) atoms. The molecule has 100 valence electrons. The summed E-state index contributed by atoms with van der Waals surface area (Å²) >= 11 is 0. The quantitative estimate of drug-likeness (QED) is 0.660. The first kappa shape index (κ1) is 13.9. The first-order valence-corrected chi connectivity index (χ1v) is 8.63. The first-order valence-electron chi connectivity index (χ1n) is 7.08. The van der Waals surface area contributed by atoms with Crippen LogP contribution in [0.1, 0.15) is 35.3 Å². The number of rotatable bonds is 3. The SMILES string of the molecule is [B]C(O)P1C(c2ccccc2)CCC1c1ccccc1. The van der Waals surface area contributed by atoms with Crippen molar-refractivity contribution in [3.63, 3.8) is 0 Å². The van der Waals surface area contributed by atoms with Crippen LogP contribution in [0.3, 0.4) is 0 Å². The van der Waals surface area contributed by atoms with E-state index < -0.39 is 13.7 Å². The van der Waals surface area contributed by atoms with Crippen LogP contribution < -0.4 is 0 Å². The van der Waals surface area contributed by atoms with Gasteiger partial charge >= 0.3 is 0 Å². The van der Waals surface area contributed by atoms with Gasteiger partial charge in [0.2, 0.25) is 0 Å². The van der Waals surface area contributed by atoms with Crippen molar-refractivity contribution in [3.8, 4) is 0 Å². The van der Waals surface area contributed by atoms with Crippen molar-refractivity contribution in [1.82, 2.24) is 0 Å². The molecule has 3 atom stereocenters. The fourth-order valence-electron chi connectivity index (χ4n) is 3.23. The Bertz CT molecular complexity index is 496. The molecular formula is C17H18BOP. The van der Waals surface area contributed by atoms with Crippen LogP contribution in [0.5, 0.6) is 0 Å². The Kier molecular flexibility index (Phi) is 4.24. The van der Waals surface area contributed by atoms with Gasteiger partial charge in [-0.2, -0.15) is 0 Å². The van der Waals surface area contributed by atoms with Crippen molar-refractivity contribution < 1.29 is 5.11 Å². The number of benzene rings is 2. The molecule has 0 bridgehead atoms. The van der Waals surface area contributed by atoms with Crippen molar-refractivity contribution in [2.24, 2.45) is 0 Å². The van der Waals surface area contributed by atoms with Gasteiger partial charge in [-0.05, 0) is 24.0 Å². The highest BCUT2D eigenvalue weighted by Crippen LogP contribution is 2.71. The van der Waals surface area contributed by atoms with Crippen LogP contribution in [0, 0.1) is 0 Å². The zero-order valence-corrected chi connectivity index (χ0v) is 12.3. The molecule has 3 unspecified atom stereocenters. The van der Waals surface area contributed by atoms with E-state index in [0.29, 0.717) is 11.3 Å². The highest BCUT2D eigenvalue weighted by Gasteiger charge is 2.39. The minimum atomic E-state index is -0.706. The molecular weight excluding hydrogens is 262 g/mol. The summed E-state index contributed by atoms with van der Waals surface area (Å²) in [7, 11) is 5.29. The Labute approximate surface area is 123 Å². The third kappa shape index (κ3) is 2.68. The third-order valence-corrected chi connectivity index (χ3v) is 7.27. The molecule has 3 heteroatoms. The van der Waals surface area contributed by atoms with Crippen molar-refractivity contribution in [2.45, 2.75) is 29.9 Å². The summed E-state index contributed by atoms with van der Waals surface area (Å²) < 4.78 is 0. The average molecular weight is 280 g/mol. The monoisotopic (exact) mass is 280 g/mol. The van der Waals surface area contributed by atoms with E-state index in [2.05, 4.69) is 48.5 Å².